The molecule has 0 spiro atoms. The van der Waals surface area contributed by atoms with Crippen molar-refractivity contribution in [1.82, 2.24) is 4.90 Å². The lowest BCUT2D eigenvalue weighted by atomic mass is 9.95. The molecular weight excluding hydrogens is 216 g/mol. The molecule has 1 aliphatic heterocycles. The summed E-state index contributed by atoms with van der Waals surface area (Å²) in [6.07, 6.45) is 2.18. The van der Waals surface area contributed by atoms with Gasteiger partial charge in [0, 0.05) is 20.2 Å². The molecule has 0 bridgehead atoms. The Kier molecular flexibility index (Phi) is 5.43. The van der Waals surface area contributed by atoms with E-state index in [2.05, 4.69) is 6.07 Å². The van der Waals surface area contributed by atoms with Crippen LogP contribution in [0.1, 0.15) is 26.7 Å². The lowest BCUT2D eigenvalue weighted by molar-refractivity contribution is -0.134. The molecule has 0 aromatic rings. The molecule has 0 N–H and O–H groups in total. The van der Waals surface area contributed by atoms with Gasteiger partial charge < -0.3 is 9.64 Å². The van der Waals surface area contributed by atoms with Gasteiger partial charge >= 0.3 is 0 Å². The van der Waals surface area contributed by atoms with E-state index in [0.29, 0.717) is 12.5 Å². The number of carbonyl (C=O) groups is 1. The first-order valence-corrected chi connectivity index (χ1v) is 6.28. The van der Waals surface area contributed by atoms with Crippen molar-refractivity contribution in [2.24, 2.45) is 17.8 Å². The van der Waals surface area contributed by atoms with Gasteiger partial charge in [-0.3, -0.25) is 4.79 Å². The Bertz CT molecular complexity index is 290. The summed E-state index contributed by atoms with van der Waals surface area (Å²) in [6.45, 7) is 6.08. The van der Waals surface area contributed by atoms with Gasteiger partial charge in [-0.05, 0) is 24.7 Å². The van der Waals surface area contributed by atoms with Crippen molar-refractivity contribution in [1.29, 1.82) is 5.26 Å². The zero-order chi connectivity index (χ0) is 12.8. The number of carbonyl (C=O) groups excluding carboxylic acids is 1. The third-order valence-corrected chi connectivity index (χ3v) is 3.23. The molecule has 1 fully saturated rings. The van der Waals surface area contributed by atoms with Gasteiger partial charge in [0.15, 0.2) is 0 Å². The molecular formula is C13H22N2O2. The molecule has 4 nitrogen and oxygen atoms in total. The van der Waals surface area contributed by atoms with Crippen molar-refractivity contribution >= 4 is 5.91 Å². The van der Waals surface area contributed by atoms with Crippen molar-refractivity contribution in [3.63, 3.8) is 0 Å². The van der Waals surface area contributed by atoms with E-state index in [1.54, 1.807) is 11.9 Å². The number of hydrogen-bond donors (Lipinski definition) is 0. The first-order chi connectivity index (χ1) is 8.06. The van der Waals surface area contributed by atoms with Crippen molar-refractivity contribution in [2.75, 3.05) is 26.8 Å². The van der Waals surface area contributed by atoms with Crippen molar-refractivity contribution in [3.8, 4) is 6.07 Å². The second kappa shape index (κ2) is 6.61. The maximum Gasteiger partial charge on any atom is 0.239 e. The third kappa shape index (κ3) is 4.01. The van der Waals surface area contributed by atoms with Gasteiger partial charge in [-0.1, -0.05) is 13.8 Å². The van der Waals surface area contributed by atoms with Crippen LogP contribution in [0.3, 0.4) is 0 Å². The highest BCUT2D eigenvalue weighted by Gasteiger charge is 2.26. The number of ether oxygens (including phenoxy) is 1. The molecule has 1 saturated heterocycles. The first-order valence-electron chi connectivity index (χ1n) is 6.28. The Balaban J connectivity index is 2.48. The molecule has 1 heterocycles. The Hall–Kier alpha value is -1.08. The predicted molar refractivity (Wildman–Crippen MR) is 65.1 cm³/mol. The minimum atomic E-state index is -0.524. The maximum absolute atomic E-state index is 12.1. The average Bonchev–Trinajstić information content (AvgIpc) is 2.30. The summed E-state index contributed by atoms with van der Waals surface area (Å²) in [7, 11) is 1.78. The van der Waals surface area contributed by atoms with E-state index >= 15 is 0 Å². The van der Waals surface area contributed by atoms with Crippen LogP contribution in [0.5, 0.6) is 0 Å². The SMILES string of the molecule is CC(C)C(C#N)C(=O)N(C)CC1CCCOC1. The van der Waals surface area contributed by atoms with E-state index in [1.165, 1.54) is 0 Å². The van der Waals surface area contributed by atoms with Gasteiger partial charge in [-0.2, -0.15) is 5.26 Å². The minimum absolute atomic E-state index is 0.0620. The summed E-state index contributed by atoms with van der Waals surface area (Å²) in [4.78, 5) is 13.7. The largest absolute Gasteiger partial charge is 0.381 e. The summed E-state index contributed by atoms with van der Waals surface area (Å²) in [6, 6.07) is 2.10. The molecule has 96 valence electrons. The molecule has 0 saturated carbocycles. The minimum Gasteiger partial charge on any atom is -0.381 e. The van der Waals surface area contributed by atoms with E-state index in [4.69, 9.17) is 10.00 Å². The van der Waals surface area contributed by atoms with Crippen LogP contribution in [-0.4, -0.2) is 37.6 Å². The molecule has 0 aromatic carbocycles. The quantitative estimate of drug-likeness (QED) is 0.748. The normalized spacial score (nSPS) is 21.9. The monoisotopic (exact) mass is 238 g/mol. The molecule has 17 heavy (non-hydrogen) atoms. The summed E-state index contributed by atoms with van der Waals surface area (Å²) in [5, 5.41) is 9.00. The average molecular weight is 238 g/mol. The van der Waals surface area contributed by atoms with Crippen LogP contribution < -0.4 is 0 Å². The van der Waals surface area contributed by atoms with Crippen LogP contribution in [0.25, 0.3) is 0 Å². The fourth-order valence-corrected chi connectivity index (χ4v) is 2.16. The van der Waals surface area contributed by atoms with Crippen molar-refractivity contribution < 1.29 is 9.53 Å². The van der Waals surface area contributed by atoms with Crippen LogP contribution in [-0.2, 0) is 9.53 Å². The Labute approximate surface area is 104 Å². The topological polar surface area (TPSA) is 53.3 Å². The summed E-state index contributed by atoms with van der Waals surface area (Å²) >= 11 is 0. The predicted octanol–water partition coefficient (Wildman–Crippen LogP) is 1.67. The summed E-state index contributed by atoms with van der Waals surface area (Å²) in [5.74, 6) is -0.0978. The summed E-state index contributed by atoms with van der Waals surface area (Å²) in [5.41, 5.74) is 0. The number of rotatable bonds is 4. The molecule has 4 heteroatoms. The molecule has 0 radical (unpaired) electrons. The van der Waals surface area contributed by atoms with Gasteiger partial charge in [0.1, 0.15) is 5.92 Å². The first kappa shape index (κ1) is 14.0. The van der Waals surface area contributed by atoms with E-state index < -0.39 is 5.92 Å². The van der Waals surface area contributed by atoms with Gasteiger partial charge in [0.05, 0.1) is 12.7 Å². The van der Waals surface area contributed by atoms with Crippen LogP contribution in [0.4, 0.5) is 0 Å². The van der Waals surface area contributed by atoms with E-state index in [0.717, 1.165) is 26.1 Å². The van der Waals surface area contributed by atoms with Crippen LogP contribution >= 0.6 is 0 Å². The van der Waals surface area contributed by atoms with Gasteiger partial charge in [-0.15, -0.1) is 0 Å². The Morgan fingerprint density at radius 2 is 2.29 bits per heavy atom. The standard InChI is InChI=1S/C13H22N2O2/c1-10(2)12(7-14)13(16)15(3)8-11-5-4-6-17-9-11/h10-12H,4-6,8-9H2,1-3H3. The van der Waals surface area contributed by atoms with Crippen LogP contribution in [0.15, 0.2) is 0 Å². The molecule has 0 aromatic heterocycles. The summed E-state index contributed by atoms with van der Waals surface area (Å²) < 4.78 is 5.39. The molecule has 1 aliphatic rings. The smallest absolute Gasteiger partial charge is 0.239 e. The van der Waals surface area contributed by atoms with Gasteiger partial charge in [-0.25, -0.2) is 0 Å². The third-order valence-electron chi connectivity index (χ3n) is 3.23. The fraction of sp³-hybridized carbons (Fsp3) is 0.846. The molecule has 1 rings (SSSR count). The van der Waals surface area contributed by atoms with Gasteiger partial charge in [0.2, 0.25) is 5.91 Å². The Morgan fingerprint density at radius 1 is 1.59 bits per heavy atom. The van der Waals surface area contributed by atoms with Crippen molar-refractivity contribution in [3.05, 3.63) is 0 Å². The Morgan fingerprint density at radius 3 is 2.76 bits per heavy atom. The lowest BCUT2D eigenvalue weighted by Crippen LogP contribution is -2.39. The van der Waals surface area contributed by atoms with Crippen molar-refractivity contribution in [2.45, 2.75) is 26.7 Å². The molecule has 2 atom stereocenters. The van der Waals surface area contributed by atoms with E-state index in [9.17, 15) is 4.79 Å². The van der Waals surface area contributed by atoms with Crippen LogP contribution in [0.2, 0.25) is 0 Å². The highest BCUT2D eigenvalue weighted by atomic mass is 16.5. The molecule has 1 amide bonds. The zero-order valence-corrected chi connectivity index (χ0v) is 11.0. The van der Waals surface area contributed by atoms with E-state index in [1.807, 2.05) is 13.8 Å². The second-order valence-electron chi connectivity index (χ2n) is 5.15. The maximum atomic E-state index is 12.1. The van der Waals surface area contributed by atoms with Crippen LogP contribution in [0, 0.1) is 29.1 Å². The number of nitrogens with zero attached hydrogens (tertiary/aromatic N) is 2. The number of nitriles is 1. The zero-order valence-electron chi connectivity index (χ0n) is 11.0. The second-order valence-corrected chi connectivity index (χ2v) is 5.15. The highest BCUT2D eigenvalue weighted by molar-refractivity contribution is 5.81. The van der Waals surface area contributed by atoms with Gasteiger partial charge in [0.25, 0.3) is 0 Å². The number of hydrogen-bond acceptors (Lipinski definition) is 3. The number of amides is 1. The molecule has 0 aliphatic carbocycles. The van der Waals surface area contributed by atoms with E-state index in [-0.39, 0.29) is 11.8 Å². The highest BCUT2D eigenvalue weighted by Crippen LogP contribution is 2.17. The molecule has 2 unspecified atom stereocenters. The fourth-order valence-electron chi connectivity index (χ4n) is 2.16. The lowest BCUT2D eigenvalue weighted by Gasteiger charge is -2.28.